The highest BCUT2D eigenvalue weighted by atomic mass is 16.6. The van der Waals surface area contributed by atoms with Gasteiger partial charge in [-0.3, -0.25) is 4.79 Å². The van der Waals surface area contributed by atoms with Crippen LogP contribution in [-0.4, -0.2) is 26.2 Å². The molecule has 26 heavy (non-hydrogen) atoms. The van der Waals surface area contributed by atoms with Gasteiger partial charge in [0.2, 0.25) is 5.91 Å². The molecule has 1 heterocycles. The van der Waals surface area contributed by atoms with E-state index in [0.717, 1.165) is 33.9 Å². The Balaban J connectivity index is 1.55. The number of carbonyl (C=O) groups is 1. The van der Waals surface area contributed by atoms with E-state index in [1.165, 1.54) is 0 Å². The molecule has 0 spiro atoms. The predicted molar refractivity (Wildman–Crippen MR) is 100 cm³/mol. The zero-order chi connectivity index (χ0) is 18.5. The van der Waals surface area contributed by atoms with Gasteiger partial charge in [-0.1, -0.05) is 18.2 Å². The molecule has 2 aromatic rings. The Kier molecular flexibility index (Phi) is 5.66. The molecule has 0 aromatic heterocycles. The first-order valence-electron chi connectivity index (χ1n) is 8.89. The van der Waals surface area contributed by atoms with Crippen LogP contribution in [0.1, 0.15) is 36.1 Å². The van der Waals surface area contributed by atoms with E-state index in [9.17, 15) is 4.79 Å². The molecule has 1 aliphatic heterocycles. The number of aryl methyl sites for hydroxylation is 2. The molecule has 138 valence electrons. The molecule has 0 saturated heterocycles. The van der Waals surface area contributed by atoms with Crippen molar-refractivity contribution in [2.45, 2.75) is 32.7 Å². The molecule has 1 amide bonds. The number of amides is 1. The topological polar surface area (TPSA) is 56.8 Å². The van der Waals surface area contributed by atoms with Crippen LogP contribution in [-0.2, 0) is 11.2 Å². The van der Waals surface area contributed by atoms with E-state index >= 15 is 0 Å². The third-order valence-electron chi connectivity index (χ3n) is 4.54. The predicted octanol–water partition coefficient (Wildman–Crippen LogP) is 3.58. The van der Waals surface area contributed by atoms with Gasteiger partial charge in [0, 0.05) is 6.42 Å². The number of carbonyl (C=O) groups excluding carboxylic acids is 1. The van der Waals surface area contributed by atoms with Crippen molar-refractivity contribution in [1.82, 2.24) is 5.32 Å². The quantitative estimate of drug-likeness (QED) is 0.860. The van der Waals surface area contributed by atoms with Crippen molar-refractivity contribution >= 4 is 5.91 Å². The van der Waals surface area contributed by atoms with Crippen LogP contribution in [0.25, 0.3) is 0 Å². The minimum atomic E-state index is -0.0871. The number of rotatable bonds is 6. The molecule has 2 aromatic carbocycles. The van der Waals surface area contributed by atoms with Gasteiger partial charge < -0.3 is 19.5 Å². The first-order chi connectivity index (χ1) is 12.6. The third-order valence-corrected chi connectivity index (χ3v) is 4.54. The maximum Gasteiger partial charge on any atom is 0.220 e. The molecule has 3 rings (SSSR count). The van der Waals surface area contributed by atoms with Crippen molar-refractivity contribution in [1.29, 1.82) is 0 Å². The first kappa shape index (κ1) is 18.1. The Labute approximate surface area is 154 Å². The Hall–Kier alpha value is -2.69. The Morgan fingerprint density at radius 2 is 1.92 bits per heavy atom. The SMILES string of the molecule is COc1ccc(CCC(=O)N[C@@H](C)c2ccc3c(c2)OCCO3)cc1C. The molecule has 5 nitrogen and oxygen atoms in total. The van der Waals surface area contributed by atoms with Crippen molar-refractivity contribution in [3.8, 4) is 17.2 Å². The molecule has 0 saturated carbocycles. The fourth-order valence-corrected chi connectivity index (χ4v) is 3.08. The van der Waals surface area contributed by atoms with E-state index in [1.807, 2.05) is 44.2 Å². The van der Waals surface area contributed by atoms with Crippen molar-refractivity contribution in [2.75, 3.05) is 20.3 Å². The maximum absolute atomic E-state index is 12.3. The number of methoxy groups -OCH3 is 1. The highest BCUT2D eigenvalue weighted by Crippen LogP contribution is 2.32. The van der Waals surface area contributed by atoms with Crippen LogP contribution in [0.3, 0.4) is 0 Å². The summed E-state index contributed by atoms with van der Waals surface area (Å²) in [5.74, 6) is 2.39. The van der Waals surface area contributed by atoms with E-state index in [1.54, 1.807) is 7.11 Å². The molecule has 1 N–H and O–H groups in total. The van der Waals surface area contributed by atoms with Gasteiger partial charge in [-0.2, -0.15) is 0 Å². The highest BCUT2D eigenvalue weighted by Gasteiger charge is 2.16. The number of fused-ring (bicyclic) bond motifs is 1. The van der Waals surface area contributed by atoms with Crippen LogP contribution in [0.2, 0.25) is 0 Å². The van der Waals surface area contributed by atoms with E-state index in [-0.39, 0.29) is 11.9 Å². The third kappa shape index (κ3) is 4.28. The van der Waals surface area contributed by atoms with Gasteiger partial charge in [0.15, 0.2) is 11.5 Å². The van der Waals surface area contributed by atoms with Crippen molar-refractivity contribution < 1.29 is 19.0 Å². The largest absolute Gasteiger partial charge is 0.496 e. The van der Waals surface area contributed by atoms with Gasteiger partial charge in [-0.25, -0.2) is 0 Å². The molecule has 1 aliphatic rings. The second-order valence-electron chi connectivity index (χ2n) is 6.50. The van der Waals surface area contributed by atoms with E-state index in [0.29, 0.717) is 26.1 Å². The highest BCUT2D eigenvalue weighted by molar-refractivity contribution is 5.76. The second-order valence-corrected chi connectivity index (χ2v) is 6.50. The number of hydrogen-bond donors (Lipinski definition) is 1. The average molecular weight is 355 g/mol. The Bertz CT molecular complexity index is 788. The standard InChI is InChI=1S/C21H25NO4/c1-14-12-16(4-7-18(14)24-3)5-9-21(23)22-15(2)17-6-8-19-20(13-17)26-11-10-25-19/h4,6-8,12-13,15H,5,9-11H2,1-3H3,(H,22,23)/t15-/m0/s1. The van der Waals surface area contributed by atoms with Crippen molar-refractivity contribution in [3.63, 3.8) is 0 Å². The van der Waals surface area contributed by atoms with Crippen LogP contribution in [0.5, 0.6) is 17.2 Å². The molecule has 0 bridgehead atoms. The average Bonchev–Trinajstić information content (AvgIpc) is 2.66. The van der Waals surface area contributed by atoms with E-state index < -0.39 is 0 Å². The maximum atomic E-state index is 12.3. The molecule has 0 fully saturated rings. The second kappa shape index (κ2) is 8.13. The lowest BCUT2D eigenvalue weighted by Crippen LogP contribution is -2.27. The number of hydrogen-bond acceptors (Lipinski definition) is 4. The summed E-state index contributed by atoms with van der Waals surface area (Å²) < 4.78 is 16.4. The van der Waals surface area contributed by atoms with Gasteiger partial charge in [0.1, 0.15) is 19.0 Å². The molecule has 1 atom stereocenters. The monoisotopic (exact) mass is 355 g/mol. The van der Waals surface area contributed by atoms with Crippen molar-refractivity contribution in [2.24, 2.45) is 0 Å². The summed E-state index contributed by atoms with van der Waals surface area (Å²) in [7, 11) is 1.66. The van der Waals surface area contributed by atoms with Gasteiger partial charge in [0.25, 0.3) is 0 Å². The summed E-state index contributed by atoms with van der Waals surface area (Å²) >= 11 is 0. The Morgan fingerprint density at radius 3 is 2.65 bits per heavy atom. The molecule has 0 aliphatic carbocycles. The lowest BCUT2D eigenvalue weighted by Gasteiger charge is -2.21. The Morgan fingerprint density at radius 1 is 1.15 bits per heavy atom. The minimum Gasteiger partial charge on any atom is -0.496 e. The lowest BCUT2D eigenvalue weighted by molar-refractivity contribution is -0.121. The summed E-state index contributed by atoms with van der Waals surface area (Å²) in [4.78, 5) is 12.3. The van der Waals surface area contributed by atoms with Gasteiger partial charge >= 0.3 is 0 Å². The fourth-order valence-electron chi connectivity index (χ4n) is 3.08. The number of ether oxygens (including phenoxy) is 3. The van der Waals surface area contributed by atoms with Gasteiger partial charge in [-0.05, 0) is 55.2 Å². The zero-order valence-electron chi connectivity index (χ0n) is 15.5. The summed E-state index contributed by atoms with van der Waals surface area (Å²) in [5.41, 5.74) is 3.21. The van der Waals surface area contributed by atoms with Crippen molar-refractivity contribution in [3.05, 3.63) is 53.1 Å². The van der Waals surface area contributed by atoms with Crippen LogP contribution in [0.4, 0.5) is 0 Å². The normalized spacial score (nSPS) is 13.8. The van der Waals surface area contributed by atoms with Crippen LogP contribution in [0, 0.1) is 6.92 Å². The van der Waals surface area contributed by atoms with Gasteiger partial charge in [0.05, 0.1) is 13.2 Å². The smallest absolute Gasteiger partial charge is 0.220 e. The van der Waals surface area contributed by atoms with Crippen LogP contribution in [0.15, 0.2) is 36.4 Å². The molecule has 5 heteroatoms. The van der Waals surface area contributed by atoms with Crippen LogP contribution >= 0.6 is 0 Å². The summed E-state index contributed by atoms with van der Waals surface area (Å²) in [6.07, 6.45) is 1.14. The zero-order valence-corrected chi connectivity index (χ0v) is 15.5. The minimum absolute atomic E-state index is 0.0286. The van der Waals surface area contributed by atoms with E-state index in [2.05, 4.69) is 11.4 Å². The van der Waals surface area contributed by atoms with E-state index in [4.69, 9.17) is 14.2 Å². The molecule has 0 unspecified atom stereocenters. The number of benzene rings is 2. The van der Waals surface area contributed by atoms with Gasteiger partial charge in [-0.15, -0.1) is 0 Å². The van der Waals surface area contributed by atoms with Crippen LogP contribution < -0.4 is 19.5 Å². The molecular formula is C21H25NO4. The molecule has 0 radical (unpaired) electrons. The lowest BCUT2D eigenvalue weighted by atomic mass is 10.0. The number of nitrogens with one attached hydrogen (secondary N) is 1. The first-order valence-corrected chi connectivity index (χ1v) is 8.89. The summed E-state index contributed by atoms with van der Waals surface area (Å²) in [6.45, 7) is 5.11. The molecular weight excluding hydrogens is 330 g/mol. The fraction of sp³-hybridized carbons (Fsp3) is 0.381. The summed E-state index contributed by atoms with van der Waals surface area (Å²) in [5, 5.41) is 3.05. The summed E-state index contributed by atoms with van der Waals surface area (Å²) in [6, 6.07) is 11.7.